The zero-order valence-electron chi connectivity index (χ0n) is 2.15. The Morgan fingerprint density at radius 3 is 1.20 bits per heavy atom. The minimum atomic E-state index is 0. The summed E-state index contributed by atoms with van der Waals surface area (Å²) in [6.07, 6.45) is 0. The fraction of sp³-hybridized carbons (Fsp3) is 0. The predicted molar refractivity (Wildman–Crippen MR) is 37.0 cm³/mol. The normalized spacial score (nSPS) is 1.80. The molecule has 0 aromatic rings. The minimum absolute atomic E-state index is 0. The first-order valence-electron chi connectivity index (χ1n) is 0.447. The van der Waals surface area contributed by atoms with Gasteiger partial charge in [0.2, 0.25) is 0 Å². The second-order valence-corrected chi connectivity index (χ2v) is 0. The molecule has 0 aliphatic heterocycles. The van der Waals surface area contributed by atoms with Crippen molar-refractivity contribution in [1.82, 2.24) is 0 Å². The zero-order chi connectivity index (χ0) is 2.00. The molecule has 0 nitrogen and oxygen atoms in total. The number of hydrogen-bond donors (Lipinski definition) is 0. The maximum atomic E-state index is 2.45. The van der Waals surface area contributed by atoms with Crippen molar-refractivity contribution in [2.75, 3.05) is 0 Å². The van der Waals surface area contributed by atoms with Crippen molar-refractivity contribution in [3.8, 4) is 0 Å². The van der Waals surface area contributed by atoms with E-state index in [1.807, 2.05) is 0 Å². The summed E-state index contributed by atoms with van der Waals surface area (Å²) in [5.74, 6) is 0. The molecular formula is H10CaGeSeSiZn. The molecule has 0 atom stereocenters. The van der Waals surface area contributed by atoms with Crippen LogP contribution in [0.1, 0.15) is 0 Å². The van der Waals surface area contributed by atoms with Crippen molar-refractivity contribution in [1.29, 1.82) is 0 Å². The van der Waals surface area contributed by atoms with Gasteiger partial charge in [-0.1, -0.05) is 0 Å². The van der Waals surface area contributed by atoms with Crippen LogP contribution in [-0.4, -0.2) is 79.6 Å². The van der Waals surface area contributed by atoms with E-state index in [-0.39, 0.29) is 74.8 Å². The summed E-state index contributed by atoms with van der Waals surface area (Å²) in [4.78, 5) is 0. The molecule has 0 aliphatic rings. The molecule has 5 heavy (non-hydrogen) atoms. The Morgan fingerprint density at radius 2 is 1.20 bits per heavy atom. The average Bonchev–Trinajstić information content (AvgIpc) is 1.00. The van der Waals surface area contributed by atoms with Crippen LogP contribution in [0.5, 0.6) is 0 Å². The molecule has 0 aromatic carbocycles. The first-order valence-corrected chi connectivity index (χ1v) is 6.97. The van der Waals surface area contributed by atoms with Gasteiger partial charge in [-0.25, -0.2) is 0 Å². The standard InChI is InChI=1S/Ca.GeH4.H4SeSi.Zn.2H/c;;1-2;;;/h;1H4;1H,2H3;;;. The van der Waals surface area contributed by atoms with E-state index in [4.69, 9.17) is 0 Å². The fourth-order valence-electron chi connectivity index (χ4n) is 0. The van der Waals surface area contributed by atoms with Gasteiger partial charge in [-0.3, -0.25) is 0 Å². The monoisotopic (exact) mass is 296 g/mol. The first-order chi connectivity index (χ1) is 1.00. The number of rotatable bonds is 0. The Kier molecular flexibility index (Phi) is 131. The van der Waals surface area contributed by atoms with Gasteiger partial charge in [0, 0.05) is 19.5 Å². The maximum absolute atomic E-state index is 2.45. The Morgan fingerprint density at radius 1 is 1.20 bits per heavy atom. The van der Waals surface area contributed by atoms with Gasteiger partial charge in [0.1, 0.15) is 0 Å². The van der Waals surface area contributed by atoms with E-state index in [1.54, 1.807) is 0 Å². The Hall–Kier alpha value is 3.16. The van der Waals surface area contributed by atoms with E-state index >= 15 is 0 Å². The number of hydrogen-bond acceptors (Lipinski definition) is 0. The second kappa shape index (κ2) is 27.2. The maximum Gasteiger partial charge on any atom is 0 e. The summed E-state index contributed by atoms with van der Waals surface area (Å²) in [7, 11) is 1.24. The largest absolute Gasteiger partial charge is 0 e. The van der Waals surface area contributed by atoms with Crippen LogP contribution in [0.3, 0.4) is 0 Å². The smallest absolute Gasteiger partial charge is 0 e. The molecule has 0 saturated heterocycles. The molecule has 0 aromatic heterocycles. The summed E-state index contributed by atoms with van der Waals surface area (Å²) >= 11 is 2.45. The van der Waals surface area contributed by atoms with Crippen molar-refractivity contribution in [2.24, 2.45) is 0 Å². The third-order valence-electron chi connectivity index (χ3n) is 0. The van der Waals surface area contributed by atoms with Gasteiger partial charge >= 0.3 is 79.6 Å². The van der Waals surface area contributed by atoms with E-state index in [1.165, 1.54) is 8.85 Å². The predicted octanol–water partition coefficient (Wildman–Crippen LogP) is -4.20. The Balaban J connectivity index is -0.00000000167. The molecular weight excluding hydrogens is 285 g/mol. The molecule has 0 bridgehead atoms. The van der Waals surface area contributed by atoms with Gasteiger partial charge in [0.25, 0.3) is 0 Å². The van der Waals surface area contributed by atoms with Crippen LogP contribution in [0, 0.1) is 0 Å². The van der Waals surface area contributed by atoms with Crippen molar-refractivity contribution >= 4 is 79.6 Å². The van der Waals surface area contributed by atoms with Crippen LogP contribution >= 0.6 is 0 Å². The van der Waals surface area contributed by atoms with Gasteiger partial charge < -0.3 is 0 Å². The van der Waals surface area contributed by atoms with Gasteiger partial charge in [-0.15, -0.1) is 0 Å². The third kappa shape index (κ3) is 19.1. The summed E-state index contributed by atoms with van der Waals surface area (Å²) in [5.41, 5.74) is 0. The summed E-state index contributed by atoms with van der Waals surface area (Å²) in [6, 6.07) is 0. The van der Waals surface area contributed by atoms with Crippen LogP contribution in [0.25, 0.3) is 0 Å². The molecule has 0 fully saturated rings. The Bertz CT molecular complexity index is 11.6. The van der Waals surface area contributed by atoms with Crippen molar-refractivity contribution in [2.45, 2.75) is 0 Å². The van der Waals surface area contributed by atoms with E-state index in [0.717, 1.165) is 0 Å². The van der Waals surface area contributed by atoms with E-state index in [2.05, 4.69) is 15.4 Å². The van der Waals surface area contributed by atoms with Crippen LogP contribution in [-0.2, 0) is 19.5 Å². The summed E-state index contributed by atoms with van der Waals surface area (Å²) < 4.78 is 0. The molecule has 0 N–H and O–H groups in total. The van der Waals surface area contributed by atoms with E-state index in [0.29, 0.717) is 0 Å². The molecule has 0 rings (SSSR count). The first kappa shape index (κ1) is 24.2. The molecule has 0 amide bonds. The topological polar surface area (TPSA) is 0 Å². The summed E-state index contributed by atoms with van der Waals surface area (Å²) in [6.45, 7) is 0. The SMILES string of the molecule is [CaH2].[GeH4].[SiH3][SeH].[Zn]. The second-order valence-electron chi connectivity index (χ2n) is 0. The van der Waals surface area contributed by atoms with Gasteiger partial charge in [0.05, 0.1) is 0 Å². The molecule has 0 aliphatic carbocycles. The Labute approximate surface area is 97.0 Å². The third-order valence-corrected chi connectivity index (χ3v) is 0. The molecule has 0 radical (unpaired) electrons. The van der Waals surface area contributed by atoms with Gasteiger partial charge in [-0.2, -0.15) is 0 Å². The zero-order valence-corrected chi connectivity index (χ0v) is 9.00. The van der Waals surface area contributed by atoms with Crippen molar-refractivity contribution in [3.63, 3.8) is 0 Å². The van der Waals surface area contributed by atoms with Crippen LogP contribution in [0.4, 0.5) is 0 Å². The molecule has 5 heteroatoms. The molecule has 0 unspecified atom stereocenters. The van der Waals surface area contributed by atoms with Crippen LogP contribution < -0.4 is 0 Å². The van der Waals surface area contributed by atoms with Crippen molar-refractivity contribution < 1.29 is 19.5 Å². The quantitative estimate of drug-likeness (QED) is 0.398. The van der Waals surface area contributed by atoms with E-state index in [9.17, 15) is 0 Å². The summed E-state index contributed by atoms with van der Waals surface area (Å²) in [5, 5.41) is 0. The molecule has 0 heterocycles. The molecule has 0 spiro atoms. The van der Waals surface area contributed by atoms with Crippen LogP contribution in [0.2, 0.25) is 0 Å². The van der Waals surface area contributed by atoms with Gasteiger partial charge in [0.15, 0.2) is 0 Å². The van der Waals surface area contributed by atoms with Crippen LogP contribution in [0.15, 0.2) is 0 Å². The minimum Gasteiger partial charge on any atom is 0 e. The van der Waals surface area contributed by atoms with Gasteiger partial charge in [-0.05, 0) is 0 Å². The molecule has 28 valence electrons. The average molecular weight is 295 g/mol. The van der Waals surface area contributed by atoms with Crippen molar-refractivity contribution in [3.05, 3.63) is 0 Å². The van der Waals surface area contributed by atoms with E-state index < -0.39 is 0 Å². The molecule has 0 saturated carbocycles. The fourth-order valence-corrected chi connectivity index (χ4v) is 0.